The molecule has 2 rings (SSSR count). The first kappa shape index (κ1) is 15.2. The third-order valence-electron chi connectivity index (χ3n) is 2.84. The van der Waals surface area contributed by atoms with Gasteiger partial charge in [-0.1, -0.05) is 0 Å². The van der Waals surface area contributed by atoms with Crippen LogP contribution >= 0.6 is 0 Å². The Labute approximate surface area is 123 Å². The second-order valence-corrected chi connectivity index (χ2v) is 21.2. The predicted octanol–water partition coefficient (Wildman–Crippen LogP) is 1.95. The van der Waals surface area contributed by atoms with Gasteiger partial charge in [-0.15, -0.1) is 0 Å². The number of anilines is 1. The van der Waals surface area contributed by atoms with E-state index in [4.69, 9.17) is 10.2 Å². The molecule has 0 aromatic carbocycles. The molecular formula is C13H21N5OSn. The SMILES string of the molecule is CC(C)(C)c1nnc(-c2n[c]([Sn]([CH3])([CH3])[CH3])cnc2N)o1. The van der Waals surface area contributed by atoms with E-state index in [0.717, 1.165) is 3.71 Å². The molecule has 0 radical (unpaired) electrons. The van der Waals surface area contributed by atoms with E-state index in [1.54, 1.807) is 6.20 Å². The van der Waals surface area contributed by atoms with Crippen molar-refractivity contribution in [3.63, 3.8) is 0 Å². The van der Waals surface area contributed by atoms with Crippen molar-refractivity contribution in [2.45, 2.75) is 41.0 Å². The molecule has 108 valence electrons. The maximum atomic E-state index is 5.91. The topological polar surface area (TPSA) is 90.7 Å². The van der Waals surface area contributed by atoms with Crippen LogP contribution in [0.3, 0.4) is 0 Å². The molecule has 0 spiro atoms. The van der Waals surface area contributed by atoms with Crippen LogP contribution in [0.2, 0.25) is 14.8 Å². The van der Waals surface area contributed by atoms with Crippen molar-refractivity contribution in [2.75, 3.05) is 5.73 Å². The van der Waals surface area contributed by atoms with Gasteiger partial charge in [0.15, 0.2) is 0 Å². The molecule has 0 amide bonds. The average molecular weight is 382 g/mol. The van der Waals surface area contributed by atoms with Crippen LogP contribution in [0.15, 0.2) is 10.6 Å². The predicted molar refractivity (Wildman–Crippen MR) is 81.4 cm³/mol. The molecule has 0 aliphatic heterocycles. The minimum atomic E-state index is -2.31. The van der Waals surface area contributed by atoms with Crippen molar-refractivity contribution >= 4 is 27.9 Å². The number of hydrogen-bond donors (Lipinski definition) is 1. The van der Waals surface area contributed by atoms with E-state index in [0.29, 0.717) is 23.3 Å². The van der Waals surface area contributed by atoms with Gasteiger partial charge in [-0.05, 0) is 0 Å². The van der Waals surface area contributed by atoms with E-state index in [1.165, 1.54) is 0 Å². The molecule has 0 aliphatic rings. The minimum absolute atomic E-state index is 0.200. The van der Waals surface area contributed by atoms with E-state index < -0.39 is 18.4 Å². The first-order valence-corrected chi connectivity index (χ1v) is 16.6. The fourth-order valence-corrected chi connectivity index (χ4v) is 4.11. The number of nitrogens with zero attached hydrogens (tertiary/aromatic N) is 4. The molecule has 0 saturated heterocycles. The monoisotopic (exact) mass is 383 g/mol. The van der Waals surface area contributed by atoms with Crippen LogP contribution in [0.1, 0.15) is 26.7 Å². The molecule has 0 atom stereocenters. The van der Waals surface area contributed by atoms with Crippen LogP contribution in [0, 0.1) is 0 Å². The second-order valence-electron chi connectivity index (χ2n) is 6.90. The summed E-state index contributed by atoms with van der Waals surface area (Å²) in [6, 6.07) is 0. The molecule has 2 heterocycles. The first-order chi connectivity index (χ1) is 9.09. The number of aromatic nitrogens is 4. The Hall–Kier alpha value is -1.18. The zero-order valence-electron chi connectivity index (χ0n) is 12.9. The van der Waals surface area contributed by atoms with Crippen LogP contribution < -0.4 is 9.44 Å². The van der Waals surface area contributed by atoms with Crippen LogP contribution in [-0.2, 0) is 5.41 Å². The Bertz CT molecular complexity index is 624. The second kappa shape index (κ2) is 4.98. The van der Waals surface area contributed by atoms with Gasteiger partial charge < -0.3 is 0 Å². The van der Waals surface area contributed by atoms with E-state index in [9.17, 15) is 0 Å². The van der Waals surface area contributed by atoms with Crippen molar-refractivity contribution in [2.24, 2.45) is 0 Å². The summed E-state index contributed by atoms with van der Waals surface area (Å²) in [5.74, 6) is 1.24. The normalized spacial score (nSPS) is 12.7. The fraction of sp³-hybridized carbons (Fsp3) is 0.538. The third-order valence-corrected chi connectivity index (χ3v) is 7.91. The van der Waals surface area contributed by atoms with Crippen molar-refractivity contribution in [3.05, 3.63) is 12.1 Å². The maximum absolute atomic E-state index is 5.91. The molecule has 20 heavy (non-hydrogen) atoms. The van der Waals surface area contributed by atoms with Crippen LogP contribution in [0.5, 0.6) is 0 Å². The van der Waals surface area contributed by atoms with Crippen LogP contribution in [-0.4, -0.2) is 38.5 Å². The summed E-state index contributed by atoms with van der Waals surface area (Å²) in [5, 5.41) is 8.13. The zero-order chi connectivity index (χ0) is 15.1. The number of hydrogen-bond acceptors (Lipinski definition) is 6. The van der Waals surface area contributed by atoms with Gasteiger partial charge in [-0.25, -0.2) is 0 Å². The molecule has 7 heteroatoms. The van der Waals surface area contributed by atoms with Gasteiger partial charge in [-0.3, -0.25) is 0 Å². The Morgan fingerprint density at radius 1 is 1.15 bits per heavy atom. The summed E-state index contributed by atoms with van der Waals surface area (Å²) in [6.07, 6.45) is 1.77. The van der Waals surface area contributed by atoms with Crippen molar-refractivity contribution in [1.82, 2.24) is 20.2 Å². The number of rotatable bonds is 2. The molecular weight excluding hydrogens is 361 g/mol. The molecule has 0 saturated carbocycles. The Kier molecular flexibility index (Phi) is 3.79. The van der Waals surface area contributed by atoms with E-state index in [2.05, 4.69) is 35.0 Å². The molecule has 2 aromatic rings. The van der Waals surface area contributed by atoms with E-state index in [-0.39, 0.29) is 5.41 Å². The van der Waals surface area contributed by atoms with Gasteiger partial charge in [0.1, 0.15) is 0 Å². The third kappa shape index (κ3) is 3.10. The van der Waals surface area contributed by atoms with Crippen LogP contribution in [0.25, 0.3) is 11.6 Å². The molecule has 0 bridgehead atoms. The molecule has 0 unspecified atom stereocenters. The van der Waals surface area contributed by atoms with E-state index >= 15 is 0 Å². The van der Waals surface area contributed by atoms with Gasteiger partial charge in [0, 0.05) is 0 Å². The summed E-state index contributed by atoms with van der Waals surface area (Å²) in [4.78, 5) is 15.7. The summed E-state index contributed by atoms with van der Waals surface area (Å²) < 4.78 is 6.74. The van der Waals surface area contributed by atoms with Crippen molar-refractivity contribution in [1.29, 1.82) is 0 Å². The number of nitrogens with two attached hydrogens (primary N) is 1. The Morgan fingerprint density at radius 2 is 1.80 bits per heavy atom. The molecule has 2 aromatic heterocycles. The Balaban J connectivity index is 2.50. The van der Waals surface area contributed by atoms with Gasteiger partial charge in [0.2, 0.25) is 0 Å². The van der Waals surface area contributed by atoms with Crippen LogP contribution in [0.4, 0.5) is 5.82 Å². The van der Waals surface area contributed by atoms with Gasteiger partial charge in [-0.2, -0.15) is 0 Å². The Morgan fingerprint density at radius 3 is 2.30 bits per heavy atom. The zero-order valence-corrected chi connectivity index (χ0v) is 15.7. The summed E-state index contributed by atoms with van der Waals surface area (Å²) in [7, 11) is 0. The van der Waals surface area contributed by atoms with E-state index in [1.807, 2.05) is 20.8 Å². The van der Waals surface area contributed by atoms with Gasteiger partial charge in [0.25, 0.3) is 0 Å². The average Bonchev–Trinajstić information content (AvgIpc) is 2.76. The molecule has 0 fully saturated rings. The summed E-state index contributed by atoms with van der Waals surface area (Å²) in [6.45, 7) is 6.05. The summed E-state index contributed by atoms with van der Waals surface area (Å²) in [5.41, 5.74) is 6.20. The first-order valence-electron chi connectivity index (χ1n) is 6.56. The number of nitrogen functional groups attached to an aromatic ring is 1. The quantitative estimate of drug-likeness (QED) is 0.799. The molecule has 0 aliphatic carbocycles. The van der Waals surface area contributed by atoms with Gasteiger partial charge in [0.05, 0.1) is 0 Å². The van der Waals surface area contributed by atoms with Crippen molar-refractivity contribution < 1.29 is 4.42 Å². The standard InChI is InChI=1S/C10H12N5O.3CH3.Sn/c1-10(2,3)9-15-14-8(16-9)6-7(11)13-5-4-12-6;;;;/h5H,1-3H3,(H2,11,13);3*1H3;. The molecule has 2 N–H and O–H groups in total. The van der Waals surface area contributed by atoms with Gasteiger partial charge >= 0.3 is 123 Å². The molecule has 6 nitrogen and oxygen atoms in total. The van der Waals surface area contributed by atoms with Crippen molar-refractivity contribution in [3.8, 4) is 11.6 Å². The summed E-state index contributed by atoms with van der Waals surface area (Å²) >= 11 is -2.31. The fourth-order valence-electron chi connectivity index (χ4n) is 1.54.